The highest BCUT2D eigenvalue weighted by atomic mass is 35.5. The first-order chi connectivity index (χ1) is 10.5. The van der Waals surface area contributed by atoms with Crippen molar-refractivity contribution in [1.29, 1.82) is 0 Å². The van der Waals surface area contributed by atoms with Gasteiger partial charge >= 0.3 is 0 Å². The SMILES string of the molecule is C[C@@H](N[C@H](C(=O)N(C)C)c1ccccc1)c1ccccc1Cl. The number of nitrogens with one attached hydrogen (secondary N) is 1. The Balaban J connectivity index is 2.27. The topological polar surface area (TPSA) is 32.3 Å². The van der Waals surface area contributed by atoms with Crippen molar-refractivity contribution in [2.24, 2.45) is 0 Å². The quantitative estimate of drug-likeness (QED) is 0.909. The summed E-state index contributed by atoms with van der Waals surface area (Å²) in [5.74, 6) is 0.0186. The van der Waals surface area contributed by atoms with Crippen LogP contribution in [0.3, 0.4) is 0 Å². The van der Waals surface area contributed by atoms with Crippen molar-refractivity contribution >= 4 is 17.5 Å². The molecule has 0 saturated heterocycles. The lowest BCUT2D eigenvalue weighted by atomic mass is 10.0. The van der Waals surface area contributed by atoms with Crippen molar-refractivity contribution in [2.75, 3.05) is 14.1 Å². The third-order valence-electron chi connectivity index (χ3n) is 3.61. The highest BCUT2D eigenvalue weighted by Gasteiger charge is 2.24. The number of rotatable bonds is 5. The molecule has 0 bridgehead atoms. The zero-order valence-corrected chi connectivity index (χ0v) is 13.8. The van der Waals surface area contributed by atoms with Crippen LogP contribution in [0.1, 0.15) is 30.1 Å². The molecule has 1 N–H and O–H groups in total. The first-order valence-corrected chi connectivity index (χ1v) is 7.65. The van der Waals surface area contributed by atoms with Crippen LogP contribution in [0, 0.1) is 0 Å². The Morgan fingerprint density at radius 3 is 2.23 bits per heavy atom. The molecule has 116 valence electrons. The molecule has 0 spiro atoms. The predicted molar refractivity (Wildman–Crippen MR) is 90.9 cm³/mol. The second kappa shape index (κ2) is 7.43. The summed E-state index contributed by atoms with van der Waals surface area (Å²) in [5, 5.41) is 4.10. The number of carbonyl (C=O) groups is 1. The van der Waals surface area contributed by atoms with E-state index in [2.05, 4.69) is 5.32 Å². The lowest BCUT2D eigenvalue weighted by Gasteiger charge is -2.26. The maximum atomic E-state index is 12.5. The summed E-state index contributed by atoms with van der Waals surface area (Å²) in [6.07, 6.45) is 0. The molecule has 0 fully saturated rings. The average molecular weight is 317 g/mol. The van der Waals surface area contributed by atoms with Crippen LogP contribution in [0.4, 0.5) is 0 Å². The van der Waals surface area contributed by atoms with E-state index in [0.717, 1.165) is 11.1 Å². The summed E-state index contributed by atoms with van der Waals surface area (Å²) in [5.41, 5.74) is 1.93. The van der Waals surface area contributed by atoms with Crippen LogP contribution in [-0.4, -0.2) is 24.9 Å². The van der Waals surface area contributed by atoms with Gasteiger partial charge in [0.1, 0.15) is 6.04 Å². The predicted octanol–water partition coefficient (Wildman–Crippen LogP) is 3.82. The number of nitrogens with zero attached hydrogens (tertiary/aromatic N) is 1. The smallest absolute Gasteiger partial charge is 0.243 e. The molecule has 0 aliphatic heterocycles. The fourth-order valence-electron chi connectivity index (χ4n) is 2.38. The van der Waals surface area contributed by atoms with Crippen LogP contribution in [0.5, 0.6) is 0 Å². The van der Waals surface area contributed by atoms with Crippen molar-refractivity contribution in [3.05, 3.63) is 70.7 Å². The molecule has 2 aromatic carbocycles. The Kier molecular flexibility index (Phi) is 5.58. The van der Waals surface area contributed by atoms with E-state index in [1.54, 1.807) is 19.0 Å². The molecule has 0 saturated carbocycles. The standard InChI is InChI=1S/C18H21ClN2O/c1-13(15-11-7-8-12-16(15)19)20-17(18(22)21(2)3)14-9-5-4-6-10-14/h4-13,17,20H,1-3H3/t13-,17+/m1/s1. The van der Waals surface area contributed by atoms with Crippen LogP contribution in [0.15, 0.2) is 54.6 Å². The van der Waals surface area contributed by atoms with Crippen molar-refractivity contribution in [2.45, 2.75) is 19.0 Å². The number of halogens is 1. The van der Waals surface area contributed by atoms with Gasteiger partial charge in [0, 0.05) is 25.2 Å². The highest BCUT2D eigenvalue weighted by Crippen LogP contribution is 2.26. The minimum absolute atomic E-state index is 0.0186. The van der Waals surface area contributed by atoms with Crippen LogP contribution in [0.2, 0.25) is 5.02 Å². The average Bonchev–Trinajstić information content (AvgIpc) is 2.53. The van der Waals surface area contributed by atoms with Crippen molar-refractivity contribution < 1.29 is 4.79 Å². The van der Waals surface area contributed by atoms with Gasteiger partial charge in [-0.3, -0.25) is 10.1 Å². The number of hydrogen-bond donors (Lipinski definition) is 1. The summed E-state index contributed by atoms with van der Waals surface area (Å²) in [6, 6.07) is 17.0. The third kappa shape index (κ3) is 3.87. The third-order valence-corrected chi connectivity index (χ3v) is 3.95. The molecule has 0 aliphatic carbocycles. The van der Waals surface area contributed by atoms with Crippen LogP contribution < -0.4 is 5.32 Å². The van der Waals surface area contributed by atoms with Crippen LogP contribution in [0.25, 0.3) is 0 Å². The number of benzene rings is 2. The van der Waals surface area contributed by atoms with E-state index in [4.69, 9.17) is 11.6 Å². The van der Waals surface area contributed by atoms with Gasteiger partial charge in [0.2, 0.25) is 5.91 Å². The second-order valence-electron chi connectivity index (χ2n) is 5.49. The zero-order valence-electron chi connectivity index (χ0n) is 13.1. The Bertz CT molecular complexity index is 628. The summed E-state index contributed by atoms with van der Waals surface area (Å²) >= 11 is 6.26. The number of amides is 1. The molecule has 0 radical (unpaired) electrons. The molecule has 2 atom stereocenters. The monoisotopic (exact) mass is 316 g/mol. The summed E-state index contributed by atoms with van der Waals surface area (Å²) in [4.78, 5) is 14.1. The van der Waals surface area contributed by atoms with Gasteiger partial charge in [0.15, 0.2) is 0 Å². The van der Waals surface area contributed by atoms with E-state index >= 15 is 0 Å². The molecule has 0 aromatic heterocycles. The van der Waals surface area contributed by atoms with Crippen molar-refractivity contribution in [1.82, 2.24) is 10.2 Å². The van der Waals surface area contributed by atoms with Crippen molar-refractivity contribution in [3.63, 3.8) is 0 Å². The largest absolute Gasteiger partial charge is 0.347 e. The van der Waals surface area contributed by atoms with E-state index in [1.165, 1.54) is 0 Å². The molecule has 4 heteroatoms. The van der Waals surface area contributed by atoms with Gasteiger partial charge in [-0.1, -0.05) is 60.1 Å². The maximum Gasteiger partial charge on any atom is 0.243 e. The fourth-order valence-corrected chi connectivity index (χ4v) is 2.68. The maximum absolute atomic E-state index is 12.5. The molecule has 1 amide bonds. The zero-order chi connectivity index (χ0) is 16.1. The number of hydrogen-bond acceptors (Lipinski definition) is 2. The van der Waals surface area contributed by atoms with E-state index < -0.39 is 6.04 Å². The lowest BCUT2D eigenvalue weighted by Crippen LogP contribution is -2.38. The molecule has 0 unspecified atom stereocenters. The highest BCUT2D eigenvalue weighted by molar-refractivity contribution is 6.31. The van der Waals surface area contributed by atoms with Gasteiger partial charge in [-0.25, -0.2) is 0 Å². The van der Waals surface area contributed by atoms with E-state index in [9.17, 15) is 4.79 Å². The molecule has 22 heavy (non-hydrogen) atoms. The first-order valence-electron chi connectivity index (χ1n) is 7.27. The van der Waals surface area contributed by atoms with Crippen LogP contribution >= 0.6 is 11.6 Å². The van der Waals surface area contributed by atoms with E-state index in [0.29, 0.717) is 5.02 Å². The second-order valence-corrected chi connectivity index (χ2v) is 5.89. The Hall–Kier alpha value is -1.84. The van der Waals surface area contributed by atoms with Crippen LogP contribution in [-0.2, 0) is 4.79 Å². The van der Waals surface area contributed by atoms with E-state index in [-0.39, 0.29) is 11.9 Å². The number of likely N-dealkylation sites (N-methyl/N-ethyl adjacent to an activating group) is 1. The van der Waals surface area contributed by atoms with Gasteiger partial charge in [-0.2, -0.15) is 0 Å². The lowest BCUT2D eigenvalue weighted by molar-refractivity contribution is -0.131. The molecule has 0 aliphatic rings. The Labute approximate surface area is 136 Å². The Morgan fingerprint density at radius 1 is 1.05 bits per heavy atom. The summed E-state index contributed by atoms with van der Waals surface area (Å²) in [7, 11) is 3.53. The summed E-state index contributed by atoms with van der Waals surface area (Å²) in [6.45, 7) is 2.01. The molecule has 2 aromatic rings. The first kappa shape index (κ1) is 16.5. The van der Waals surface area contributed by atoms with Gasteiger partial charge in [0.25, 0.3) is 0 Å². The summed E-state index contributed by atoms with van der Waals surface area (Å²) < 4.78 is 0. The normalized spacial score (nSPS) is 13.5. The molecule has 2 rings (SSSR count). The van der Waals surface area contributed by atoms with Gasteiger partial charge < -0.3 is 4.90 Å². The van der Waals surface area contributed by atoms with E-state index in [1.807, 2.05) is 61.5 Å². The minimum atomic E-state index is -0.400. The molecular formula is C18H21ClN2O. The number of carbonyl (C=O) groups excluding carboxylic acids is 1. The van der Waals surface area contributed by atoms with Gasteiger partial charge in [-0.15, -0.1) is 0 Å². The van der Waals surface area contributed by atoms with Crippen molar-refractivity contribution in [3.8, 4) is 0 Å². The fraction of sp³-hybridized carbons (Fsp3) is 0.278. The molecule has 0 heterocycles. The molecular weight excluding hydrogens is 296 g/mol. The van der Waals surface area contributed by atoms with Gasteiger partial charge in [-0.05, 0) is 24.1 Å². The minimum Gasteiger partial charge on any atom is -0.347 e. The Morgan fingerprint density at radius 2 is 1.64 bits per heavy atom. The molecule has 3 nitrogen and oxygen atoms in total. The van der Waals surface area contributed by atoms with Gasteiger partial charge in [0.05, 0.1) is 0 Å².